The van der Waals surface area contributed by atoms with Crippen LogP contribution in [0.4, 0.5) is 5.69 Å². The van der Waals surface area contributed by atoms with Gasteiger partial charge in [0.2, 0.25) is 0 Å². The van der Waals surface area contributed by atoms with Crippen LogP contribution in [0.2, 0.25) is 10.0 Å². The number of nitrogens with zero attached hydrogens (tertiary/aromatic N) is 1. The summed E-state index contributed by atoms with van der Waals surface area (Å²) in [5, 5.41) is 5.13. The molecule has 2 aromatic carbocycles. The number of anilines is 1. The van der Waals surface area contributed by atoms with Crippen molar-refractivity contribution in [2.75, 3.05) is 16.8 Å². The maximum Gasteiger partial charge on any atom is 0.108 e. The maximum absolute atomic E-state index is 6.19. The van der Waals surface area contributed by atoms with Gasteiger partial charge in [0.05, 0.1) is 6.54 Å². The molecule has 0 aliphatic carbocycles. The van der Waals surface area contributed by atoms with Crippen LogP contribution in [0.3, 0.4) is 0 Å². The number of halogens is 2. The number of aliphatic imine (C=N–C) groups is 1. The van der Waals surface area contributed by atoms with E-state index in [1.807, 2.05) is 42.1 Å². The number of amidine groups is 1. The summed E-state index contributed by atoms with van der Waals surface area (Å²) in [7, 11) is 0. The Labute approximate surface area is 163 Å². The zero-order valence-electron chi connectivity index (χ0n) is 13.9. The Hall–Kier alpha value is -1.16. The highest BCUT2D eigenvalue weighted by Crippen LogP contribution is 2.44. The van der Waals surface area contributed by atoms with Gasteiger partial charge in [0, 0.05) is 21.1 Å². The van der Waals surface area contributed by atoms with Crippen molar-refractivity contribution < 1.29 is 0 Å². The van der Waals surface area contributed by atoms with Crippen LogP contribution in [-0.4, -0.2) is 17.3 Å². The minimum absolute atomic E-state index is 0.130. The highest BCUT2D eigenvalue weighted by Gasteiger charge is 2.41. The summed E-state index contributed by atoms with van der Waals surface area (Å²) < 4.78 is 0. The van der Waals surface area contributed by atoms with Gasteiger partial charge in [-0.2, -0.15) is 11.8 Å². The van der Waals surface area contributed by atoms with Crippen LogP contribution in [0, 0.1) is 5.41 Å². The summed E-state index contributed by atoms with van der Waals surface area (Å²) >= 11 is 14.3. The average molecular weight is 391 g/mol. The molecule has 0 saturated carbocycles. The van der Waals surface area contributed by atoms with Gasteiger partial charge in [-0.1, -0.05) is 41.4 Å². The molecule has 4 rings (SSSR count). The Bertz CT molecular complexity index is 813. The lowest BCUT2D eigenvalue weighted by Gasteiger charge is -2.42. The van der Waals surface area contributed by atoms with Gasteiger partial charge < -0.3 is 5.32 Å². The van der Waals surface area contributed by atoms with Crippen molar-refractivity contribution in [1.29, 1.82) is 0 Å². The molecule has 0 atom stereocenters. The van der Waals surface area contributed by atoms with Crippen LogP contribution < -0.4 is 5.32 Å². The molecule has 2 aliphatic rings. The quantitative estimate of drug-likeness (QED) is 0.672. The fraction of sp³-hybridized carbons (Fsp3) is 0.350. The van der Waals surface area contributed by atoms with Gasteiger partial charge in [0.1, 0.15) is 5.84 Å². The van der Waals surface area contributed by atoms with Crippen molar-refractivity contribution in [3.05, 3.63) is 63.6 Å². The van der Waals surface area contributed by atoms with E-state index in [9.17, 15) is 0 Å². The average Bonchev–Trinajstić information content (AvgIpc) is 2.61. The second kappa shape index (κ2) is 7.22. The van der Waals surface area contributed by atoms with Gasteiger partial charge in [-0.3, -0.25) is 4.99 Å². The lowest BCUT2D eigenvalue weighted by molar-refractivity contribution is 0.377. The summed E-state index contributed by atoms with van der Waals surface area (Å²) in [5.41, 5.74) is 3.71. The standard InChI is InChI=1S/C20H20Cl2N2S/c21-16-3-1-2-14(10-16)13-23-19-20(6-8-25-9-7-20)12-15-4-5-17(22)11-18(15)24-19/h1-5,10-11H,6-9,12-13H2,(H,23,24). The molecule has 0 amide bonds. The molecule has 2 aromatic rings. The van der Waals surface area contributed by atoms with Crippen molar-refractivity contribution in [2.45, 2.75) is 25.8 Å². The Balaban J connectivity index is 1.68. The third-order valence-electron chi connectivity index (χ3n) is 5.11. The van der Waals surface area contributed by atoms with E-state index in [4.69, 9.17) is 28.2 Å². The van der Waals surface area contributed by atoms with Crippen LogP contribution in [-0.2, 0) is 13.0 Å². The van der Waals surface area contributed by atoms with E-state index in [1.165, 1.54) is 29.9 Å². The predicted molar refractivity (Wildman–Crippen MR) is 110 cm³/mol. The second-order valence-corrected chi connectivity index (χ2v) is 8.89. The van der Waals surface area contributed by atoms with Gasteiger partial charge in [0.15, 0.2) is 0 Å². The largest absolute Gasteiger partial charge is 0.343 e. The van der Waals surface area contributed by atoms with Crippen LogP contribution in [0.5, 0.6) is 0 Å². The van der Waals surface area contributed by atoms with Gasteiger partial charge in [-0.15, -0.1) is 0 Å². The van der Waals surface area contributed by atoms with Crippen LogP contribution in [0.25, 0.3) is 0 Å². The lowest BCUT2D eigenvalue weighted by Crippen LogP contribution is -2.44. The number of benzene rings is 2. The Morgan fingerprint density at radius 3 is 2.64 bits per heavy atom. The summed E-state index contributed by atoms with van der Waals surface area (Å²) in [6, 6.07) is 14.1. The van der Waals surface area contributed by atoms with Gasteiger partial charge in [-0.25, -0.2) is 0 Å². The molecule has 1 N–H and O–H groups in total. The predicted octanol–water partition coefficient (Wildman–Crippen LogP) is 6.07. The minimum Gasteiger partial charge on any atom is -0.343 e. The molecule has 1 fully saturated rings. The van der Waals surface area contributed by atoms with Crippen molar-refractivity contribution in [1.82, 2.24) is 0 Å². The van der Waals surface area contributed by atoms with E-state index < -0.39 is 0 Å². The first-order valence-corrected chi connectivity index (χ1v) is 10.5. The molecule has 1 spiro atoms. The second-order valence-electron chi connectivity index (χ2n) is 6.79. The number of rotatable bonds is 2. The van der Waals surface area contributed by atoms with Crippen molar-refractivity contribution in [3.8, 4) is 0 Å². The van der Waals surface area contributed by atoms with Gasteiger partial charge >= 0.3 is 0 Å². The number of hydrogen-bond donors (Lipinski definition) is 1. The molecule has 0 bridgehead atoms. The van der Waals surface area contributed by atoms with E-state index in [-0.39, 0.29) is 5.41 Å². The molecule has 0 radical (unpaired) electrons. The Morgan fingerprint density at radius 2 is 1.84 bits per heavy atom. The highest BCUT2D eigenvalue weighted by atomic mass is 35.5. The van der Waals surface area contributed by atoms with E-state index in [0.29, 0.717) is 6.54 Å². The Kier molecular flexibility index (Phi) is 4.99. The number of hydrogen-bond acceptors (Lipinski definition) is 2. The molecular formula is C20H20Cl2N2S. The maximum atomic E-state index is 6.19. The van der Waals surface area contributed by atoms with Crippen LogP contribution in [0.15, 0.2) is 47.5 Å². The summed E-state index contributed by atoms with van der Waals surface area (Å²) in [6.07, 6.45) is 3.38. The van der Waals surface area contributed by atoms with E-state index in [0.717, 1.165) is 33.6 Å². The fourth-order valence-corrected chi connectivity index (χ4v) is 5.38. The van der Waals surface area contributed by atoms with Crippen LogP contribution in [0.1, 0.15) is 24.0 Å². The van der Waals surface area contributed by atoms with Crippen molar-refractivity contribution in [2.24, 2.45) is 10.4 Å². The molecule has 2 heterocycles. The lowest BCUT2D eigenvalue weighted by atomic mass is 9.73. The summed E-state index contributed by atoms with van der Waals surface area (Å²) in [6.45, 7) is 0.647. The molecule has 1 saturated heterocycles. The highest BCUT2D eigenvalue weighted by molar-refractivity contribution is 7.99. The Morgan fingerprint density at radius 1 is 1.04 bits per heavy atom. The molecule has 0 aromatic heterocycles. The minimum atomic E-state index is 0.130. The summed E-state index contributed by atoms with van der Waals surface area (Å²) in [4.78, 5) is 4.99. The normalized spacial score (nSPS) is 20.3. The molecule has 0 unspecified atom stereocenters. The molecule has 130 valence electrons. The van der Waals surface area contributed by atoms with E-state index in [1.54, 1.807) is 0 Å². The van der Waals surface area contributed by atoms with Gasteiger partial charge in [-0.05, 0) is 66.2 Å². The monoisotopic (exact) mass is 390 g/mol. The van der Waals surface area contributed by atoms with Gasteiger partial charge in [0.25, 0.3) is 0 Å². The third kappa shape index (κ3) is 3.69. The topological polar surface area (TPSA) is 24.4 Å². The zero-order chi connectivity index (χ0) is 17.3. The smallest absolute Gasteiger partial charge is 0.108 e. The van der Waals surface area contributed by atoms with E-state index >= 15 is 0 Å². The van der Waals surface area contributed by atoms with Crippen LogP contribution >= 0.6 is 35.0 Å². The van der Waals surface area contributed by atoms with Crippen molar-refractivity contribution in [3.63, 3.8) is 0 Å². The third-order valence-corrected chi connectivity index (χ3v) is 6.57. The SMILES string of the molecule is Clc1cccc(CN=C2Nc3cc(Cl)ccc3CC23CCSCC3)c1. The number of thioether (sulfide) groups is 1. The zero-order valence-corrected chi connectivity index (χ0v) is 16.2. The first-order chi connectivity index (χ1) is 12.1. The number of fused-ring (bicyclic) bond motifs is 1. The first kappa shape index (κ1) is 17.3. The molecule has 25 heavy (non-hydrogen) atoms. The molecular weight excluding hydrogens is 371 g/mol. The summed E-state index contributed by atoms with van der Waals surface area (Å²) in [5.74, 6) is 3.50. The molecule has 5 heteroatoms. The fourth-order valence-electron chi connectivity index (χ4n) is 3.72. The first-order valence-electron chi connectivity index (χ1n) is 8.57. The molecule has 2 aliphatic heterocycles. The molecule has 2 nitrogen and oxygen atoms in total. The van der Waals surface area contributed by atoms with Crippen molar-refractivity contribution >= 4 is 46.5 Å². The van der Waals surface area contributed by atoms with E-state index in [2.05, 4.69) is 17.4 Å². The number of nitrogens with one attached hydrogen (secondary N) is 1.